The molecule has 1 rings (SSSR count). The molecule has 0 spiro atoms. The van der Waals surface area contributed by atoms with Gasteiger partial charge >= 0.3 is 5.97 Å². The summed E-state index contributed by atoms with van der Waals surface area (Å²) in [7, 11) is -3.81. The third-order valence-corrected chi connectivity index (χ3v) is 5.35. The number of carbonyl (C=O) groups excluding carboxylic acids is 2. The highest BCUT2D eigenvalue weighted by Gasteiger charge is 2.18. The molecule has 0 unspecified atom stereocenters. The molecule has 140 valence electrons. The number of amides is 1. The zero-order valence-corrected chi connectivity index (χ0v) is 16.1. The Morgan fingerprint density at radius 2 is 1.76 bits per heavy atom. The van der Waals surface area contributed by atoms with Gasteiger partial charge in [-0.25, -0.2) is 8.42 Å². The number of hydrogen-bond acceptors (Lipinski definition) is 5. The Morgan fingerprint density at radius 1 is 1.12 bits per heavy atom. The van der Waals surface area contributed by atoms with E-state index in [1.165, 1.54) is 12.1 Å². The maximum atomic E-state index is 12.2. The van der Waals surface area contributed by atoms with Gasteiger partial charge in [-0.05, 0) is 49.9 Å². The van der Waals surface area contributed by atoms with E-state index in [9.17, 15) is 18.0 Å². The molecule has 1 atom stereocenters. The molecule has 0 heterocycles. The smallest absolute Gasteiger partial charge is 0.321 e. The Balaban J connectivity index is 2.50. The predicted octanol–water partition coefficient (Wildman–Crippen LogP) is 1.29. The molecule has 8 heteroatoms. The van der Waals surface area contributed by atoms with Gasteiger partial charge in [-0.15, -0.1) is 0 Å². The zero-order valence-electron chi connectivity index (χ0n) is 15.3. The van der Waals surface area contributed by atoms with Crippen molar-refractivity contribution in [3.8, 4) is 0 Å². The number of carbonyl (C=O) groups is 2. The molecule has 0 aliphatic carbocycles. The molecule has 1 aromatic rings. The van der Waals surface area contributed by atoms with E-state index >= 15 is 0 Å². The third kappa shape index (κ3) is 6.83. The second-order valence-corrected chi connectivity index (χ2v) is 8.10. The zero-order chi connectivity index (χ0) is 19.2. The van der Waals surface area contributed by atoms with Crippen LogP contribution in [0.1, 0.15) is 31.9 Å². The normalized spacial score (nSPS) is 12.7. The van der Waals surface area contributed by atoms with Crippen molar-refractivity contribution < 1.29 is 22.7 Å². The number of nitrogens with one attached hydrogen (secondary N) is 2. The van der Waals surface area contributed by atoms with Crippen molar-refractivity contribution in [3.05, 3.63) is 29.3 Å². The largest absolute Gasteiger partial charge is 0.455 e. The van der Waals surface area contributed by atoms with Gasteiger partial charge in [0, 0.05) is 6.04 Å². The van der Waals surface area contributed by atoms with Gasteiger partial charge < -0.3 is 10.1 Å². The van der Waals surface area contributed by atoms with Crippen LogP contribution in [0.4, 0.5) is 0 Å². The van der Waals surface area contributed by atoms with Crippen LogP contribution in [0.25, 0.3) is 0 Å². The predicted molar refractivity (Wildman–Crippen MR) is 94.5 cm³/mol. The SMILES string of the molecule is Cc1ccc(S(=O)(=O)NCC(=O)OCC(=O)N[C@H](C)C(C)C)cc1C. The van der Waals surface area contributed by atoms with Crippen LogP contribution in [0.3, 0.4) is 0 Å². The molecule has 7 nitrogen and oxygen atoms in total. The second kappa shape index (κ2) is 8.96. The Kier molecular flexibility index (Phi) is 7.57. The highest BCUT2D eigenvalue weighted by atomic mass is 32.2. The fourth-order valence-electron chi connectivity index (χ4n) is 1.78. The van der Waals surface area contributed by atoms with Crippen molar-refractivity contribution in [2.45, 2.75) is 45.6 Å². The Labute approximate surface area is 149 Å². The van der Waals surface area contributed by atoms with Gasteiger partial charge in [0.1, 0.15) is 6.54 Å². The molecule has 25 heavy (non-hydrogen) atoms. The molecule has 0 fully saturated rings. The van der Waals surface area contributed by atoms with Crippen molar-refractivity contribution in [3.63, 3.8) is 0 Å². The molecule has 0 radical (unpaired) electrons. The van der Waals surface area contributed by atoms with Crippen molar-refractivity contribution in [2.24, 2.45) is 5.92 Å². The second-order valence-electron chi connectivity index (χ2n) is 6.33. The molecule has 0 aliphatic rings. The van der Waals surface area contributed by atoms with Crippen LogP contribution in [0.2, 0.25) is 0 Å². The van der Waals surface area contributed by atoms with E-state index in [4.69, 9.17) is 4.74 Å². The van der Waals surface area contributed by atoms with Crippen LogP contribution in [-0.2, 0) is 24.3 Å². The maximum Gasteiger partial charge on any atom is 0.321 e. The van der Waals surface area contributed by atoms with Crippen molar-refractivity contribution in [1.29, 1.82) is 0 Å². The number of esters is 1. The molecular formula is C17H26N2O5S. The van der Waals surface area contributed by atoms with Gasteiger partial charge in [-0.3, -0.25) is 9.59 Å². The van der Waals surface area contributed by atoms with Gasteiger partial charge in [-0.1, -0.05) is 19.9 Å². The minimum absolute atomic E-state index is 0.0468. The Bertz CT molecular complexity index is 729. The third-order valence-electron chi connectivity index (χ3n) is 3.95. The van der Waals surface area contributed by atoms with E-state index in [0.29, 0.717) is 0 Å². The number of aryl methyl sites for hydroxylation is 2. The van der Waals surface area contributed by atoms with Gasteiger partial charge in [-0.2, -0.15) is 4.72 Å². The summed E-state index contributed by atoms with van der Waals surface area (Å²) < 4.78 is 31.3. The van der Waals surface area contributed by atoms with Crippen LogP contribution in [0.15, 0.2) is 23.1 Å². The van der Waals surface area contributed by atoms with Gasteiger partial charge in [0.25, 0.3) is 5.91 Å². The molecule has 0 saturated carbocycles. The minimum atomic E-state index is -3.81. The summed E-state index contributed by atoms with van der Waals surface area (Å²) >= 11 is 0. The highest BCUT2D eigenvalue weighted by molar-refractivity contribution is 7.89. The molecule has 2 N–H and O–H groups in total. The van der Waals surface area contributed by atoms with Crippen LogP contribution in [0.5, 0.6) is 0 Å². The van der Waals surface area contributed by atoms with E-state index in [1.54, 1.807) is 13.0 Å². The van der Waals surface area contributed by atoms with Crippen LogP contribution in [-0.4, -0.2) is 39.5 Å². The summed E-state index contributed by atoms with van der Waals surface area (Å²) in [5.74, 6) is -0.990. The first kappa shape index (κ1) is 21.1. The standard InChI is InChI=1S/C17H26N2O5S/c1-11(2)14(5)19-16(20)10-24-17(21)9-18-25(22,23)15-7-6-12(3)13(4)8-15/h6-8,11,14,18H,9-10H2,1-5H3,(H,19,20)/t14-/m1/s1. The number of benzene rings is 1. The summed E-state index contributed by atoms with van der Waals surface area (Å²) in [6.45, 7) is 8.46. The van der Waals surface area contributed by atoms with Crippen LogP contribution < -0.4 is 10.0 Å². The fourth-order valence-corrected chi connectivity index (χ4v) is 2.83. The number of hydrogen-bond donors (Lipinski definition) is 2. The number of ether oxygens (including phenoxy) is 1. The van der Waals surface area contributed by atoms with Gasteiger partial charge in [0.05, 0.1) is 4.90 Å². The Morgan fingerprint density at radius 3 is 2.32 bits per heavy atom. The molecule has 1 amide bonds. The summed E-state index contributed by atoms with van der Waals surface area (Å²) in [5, 5.41) is 2.69. The van der Waals surface area contributed by atoms with E-state index < -0.39 is 35.1 Å². The van der Waals surface area contributed by atoms with Gasteiger partial charge in [0.15, 0.2) is 6.61 Å². The van der Waals surface area contributed by atoms with E-state index in [1.807, 2.05) is 27.7 Å². The lowest BCUT2D eigenvalue weighted by Crippen LogP contribution is -2.39. The minimum Gasteiger partial charge on any atom is -0.455 e. The summed E-state index contributed by atoms with van der Waals surface area (Å²) in [4.78, 5) is 23.3. The maximum absolute atomic E-state index is 12.2. The Hall–Kier alpha value is -1.93. The average molecular weight is 370 g/mol. The number of sulfonamides is 1. The first-order chi connectivity index (χ1) is 11.5. The topological polar surface area (TPSA) is 102 Å². The van der Waals surface area contributed by atoms with E-state index in [-0.39, 0.29) is 16.9 Å². The molecular weight excluding hydrogens is 344 g/mol. The molecule has 0 aliphatic heterocycles. The molecule has 0 saturated heterocycles. The molecule has 1 aromatic carbocycles. The summed E-state index contributed by atoms with van der Waals surface area (Å²) in [5.41, 5.74) is 1.81. The van der Waals surface area contributed by atoms with E-state index in [2.05, 4.69) is 10.0 Å². The summed E-state index contributed by atoms with van der Waals surface area (Å²) in [6.07, 6.45) is 0. The summed E-state index contributed by atoms with van der Waals surface area (Å²) in [6, 6.07) is 4.65. The highest BCUT2D eigenvalue weighted by Crippen LogP contribution is 2.14. The van der Waals surface area contributed by atoms with Crippen molar-refractivity contribution in [1.82, 2.24) is 10.0 Å². The number of rotatable bonds is 8. The van der Waals surface area contributed by atoms with Gasteiger partial charge in [0.2, 0.25) is 10.0 Å². The molecule has 0 bridgehead atoms. The van der Waals surface area contributed by atoms with Crippen molar-refractivity contribution in [2.75, 3.05) is 13.2 Å². The quantitative estimate of drug-likeness (QED) is 0.672. The fraction of sp³-hybridized carbons (Fsp3) is 0.529. The average Bonchev–Trinajstić information content (AvgIpc) is 2.53. The lowest BCUT2D eigenvalue weighted by atomic mass is 10.1. The van der Waals surface area contributed by atoms with Crippen LogP contribution >= 0.6 is 0 Å². The lowest BCUT2D eigenvalue weighted by Gasteiger charge is -2.17. The van der Waals surface area contributed by atoms with Crippen LogP contribution in [0, 0.1) is 19.8 Å². The molecule has 0 aromatic heterocycles. The van der Waals surface area contributed by atoms with E-state index in [0.717, 1.165) is 11.1 Å². The van der Waals surface area contributed by atoms with Crippen molar-refractivity contribution >= 4 is 21.9 Å². The lowest BCUT2D eigenvalue weighted by molar-refractivity contribution is -0.147. The first-order valence-electron chi connectivity index (χ1n) is 8.05. The monoisotopic (exact) mass is 370 g/mol. The first-order valence-corrected chi connectivity index (χ1v) is 9.53.